The smallest absolute Gasteiger partial charge is 0.242 e. The first-order valence-corrected chi connectivity index (χ1v) is 10.6. The number of carbonyl (C=O) groups is 1. The number of hydrogen-bond acceptors (Lipinski definition) is 4. The summed E-state index contributed by atoms with van der Waals surface area (Å²) in [4.78, 5) is 19.2. The van der Waals surface area contributed by atoms with E-state index in [2.05, 4.69) is 4.98 Å². The molecule has 1 unspecified atom stereocenters. The second-order valence-electron chi connectivity index (χ2n) is 6.75. The predicted molar refractivity (Wildman–Crippen MR) is 108 cm³/mol. The maximum atomic E-state index is 13.0. The van der Waals surface area contributed by atoms with Gasteiger partial charge in [0, 0.05) is 13.5 Å². The third-order valence-electron chi connectivity index (χ3n) is 4.99. The van der Waals surface area contributed by atoms with Crippen LogP contribution in [0, 0.1) is 0 Å². The first-order chi connectivity index (χ1) is 13.2. The van der Waals surface area contributed by atoms with Crippen LogP contribution in [0.4, 0.5) is 0 Å². The number of carbonyl (C=O) groups excluding carboxylic acids is 1. The number of aromatic nitrogens is 2. The monoisotopic (exact) mass is 400 g/mol. The summed E-state index contributed by atoms with van der Waals surface area (Å²) < 4.78 is 25.1. The summed E-state index contributed by atoms with van der Waals surface area (Å²) >= 11 is 0. The van der Waals surface area contributed by atoms with Gasteiger partial charge < -0.3 is 9.47 Å². The highest BCUT2D eigenvalue weighted by Gasteiger charge is 2.21. The Kier molecular flexibility index (Phi) is 5.53. The second-order valence-corrected chi connectivity index (χ2v) is 8.32. The average Bonchev–Trinajstić information content (AvgIpc) is 3.04. The van der Waals surface area contributed by atoms with Crippen LogP contribution in [-0.4, -0.2) is 35.8 Å². The predicted octanol–water partition coefficient (Wildman–Crippen LogP) is 2.47. The maximum absolute atomic E-state index is 13.0. The standard InChI is InChI=1S/C20H24N4O3S/c1-4-19-22-17-10-5-6-11-18(17)24(19)13-20(25)23(3)14(2)15-8-7-9-16(12-15)28(21,26)27/h5-12,14H,4,13H2,1-3H3,(H2,21,26,27). The van der Waals surface area contributed by atoms with Gasteiger partial charge in [-0.05, 0) is 36.8 Å². The topological polar surface area (TPSA) is 98.3 Å². The molecule has 0 aliphatic carbocycles. The lowest BCUT2D eigenvalue weighted by molar-refractivity contribution is -0.132. The molecule has 0 saturated heterocycles. The van der Waals surface area contributed by atoms with Crippen LogP contribution >= 0.6 is 0 Å². The van der Waals surface area contributed by atoms with Gasteiger partial charge in [-0.2, -0.15) is 0 Å². The number of rotatable bonds is 6. The number of imidazole rings is 1. The highest BCUT2D eigenvalue weighted by molar-refractivity contribution is 7.89. The zero-order valence-corrected chi connectivity index (χ0v) is 17.0. The molecule has 0 aliphatic rings. The van der Waals surface area contributed by atoms with Crippen molar-refractivity contribution in [3.63, 3.8) is 0 Å². The van der Waals surface area contributed by atoms with Crippen molar-refractivity contribution in [2.45, 2.75) is 37.8 Å². The Bertz CT molecular complexity index is 1120. The molecule has 0 spiro atoms. The van der Waals surface area contributed by atoms with Crippen LogP contribution in [0.5, 0.6) is 0 Å². The molecule has 1 atom stereocenters. The lowest BCUT2D eigenvalue weighted by Gasteiger charge is -2.26. The zero-order valence-electron chi connectivity index (χ0n) is 16.2. The van der Waals surface area contributed by atoms with E-state index in [-0.39, 0.29) is 23.4 Å². The number of para-hydroxylation sites is 2. The van der Waals surface area contributed by atoms with Crippen molar-refractivity contribution in [2.24, 2.45) is 5.14 Å². The molecule has 3 aromatic rings. The molecule has 3 rings (SSSR count). The molecule has 2 aromatic carbocycles. The normalized spacial score (nSPS) is 12.9. The van der Waals surface area contributed by atoms with E-state index in [1.807, 2.05) is 42.7 Å². The Balaban J connectivity index is 1.86. The van der Waals surface area contributed by atoms with Crippen LogP contribution in [0.15, 0.2) is 53.4 Å². The number of benzene rings is 2. The van der Waals surface area contributed by atoms with E-state index in [0.29, 0.717) is 5.56 Å². The van der Waals surface area contributed by atoms with Gasteiger partial charge in [-0.1, -0.05) is 31.2 Å². The Morgan fingerprint density at radius 2 is 1.93 bits per heavy atom. The lowest BCUT2D eigenvalue weighted by Crippen LogP contribution is -2.33. The Morgan fingerprint density at radius 1 is 1.21 bits per heavy atom. The summed E-state index contributed by atoms with van der Waals surface area (Å²) in [5.74, 6) is 0.762. The number of sulfonamides is 1. The Labute approximate surface area is 164 Å². The lowest BCUT2D eigenvalue weighted by atomic mass is 10.1. The van der Waals surface area contributed by atoms with Crippen molar-refractivity contribution in [2.75, 3.05) is 7.05 Å². The molecule has 1 amide bonds. The van der Waals surface area contributed by atoms with E-state index in [1.54, 1.807) is 24.1 Å². The molecule has 2 N–H and O–H groups in total. The van der Waals surface area contributed by atoms with Gasteiger partial charge in [-0.25, -0.2) is 18.5 Å². The fourth-order valence-electron chi connectivity index (χ4n) is 3.21. The van der Waals surface area contributed by atoms with Crippen LogP contribution in [-0.2, 0) is 27.8 Å². The number of nitrogens with zero attached hydrogens (tertiary/aromatic N) is 3. The molecule has 0 radical (unpaired) electrons. The fourth-order valence-corrected chi connectivity index (χ4v) is 3.78. The maximum Gasteiger partial charge on any atom is 0.242 e. The van der Waals surface area contributed by atoms with Crippen molar-refractivity contribution in [3.8, 4) is 0 Å². The van der Waals surface area contributed by atoms with Gasteiger partial charge in [0.05, 0.1) is 22.0 Å². The van der Waals surface area contributed by atoms with E-state index in [0.717, 1.165) is 23.3 Å². The minimum absolute atomic E-state index is 0.0339. The molecular formula is C20H24N4O3S. The zero-order chi connectivity index (χ0) is 20.5. The highest BCUT2D eigenvalue weighted by Crippen LogP contribution is 2.23. The summed E-state index contributed by atoms with van der Waals surface area (Å²) in [6, 6.07) is 13.8. The minimum atomic E-state index is -3.79. The number of nitrogens with two attached hydrogens (primary N) is 1. The molecule has 0 bridgehead atoms. The van der Waals surface area contributed by atoms with Crippen molar-refractivity contribution in [1.29, 1.82) is 0 Å². The first kappa shape index (κ1) is 20.0. The quantitative estimate of drug-likeness (QED) is 0.687. The Hall–Kier alpha value is -2.71. The van der Waals surface area contributed by atoms with Gasteiger partial charge in [0.25, 0.3) is 0 Å². The largest absolute Gasteiger partial charge is 0.337 e. The van der Waals surface area contributed by atoms with Crippen LogP contribution in [0.2, 0.25) is 0 Å². The van der Waals surface area contributed by atoms with Gasteiger partial charge in [-0.15, -0.1) is 0 Å². The third kappa shape index (κ3) is 3.93. The van der Waals surface area contributed by atoms with Crippen LogP contribution in [0.3, 0.4) is 0 Å². The molecule has 148 valence electrons. The van der Waals surface area contributed by atoms with Crippen molar-refractivity contribution in [3.05, 3.63) is 59.9 Å². The molecule has 1 aromatic heterocycles. The number of primary sulfonamides is 1. The van der Waals surface area contributed by atoms with E-state index < -0.39 is 10.0 Å². The van der Waals surface area contributed by atoms with E-state index in [9.17, 15) is 13.2 Å². The van der Waals surface area contributed by atoms with E-state index >= 15 is 0 Å². The average molecular weight is 401 g/mol. The molecule has 0 saturated carbocycles. The summed E-state index contributed by atoms with van der Waals surface area (Å²) in [5.41, 5.74) is 2.49. The van der Waals surface area contributed by atoms with Crippen molar-refractivity contribution < 1.29 is 13.2 Å². The van der Waals surface area contributed by atoms with Crippen LogP contribution in [0.25, 0.3) is 11.0 Å². The minimum Gasteiger partial charge on any atom is -0.337 e. The molecule has 7 nitrogen and oxygen atoms in total. The molecule has 0 aliphatic heterocycles. The fraction of sp³-hybridized carbons (Fsp3) is 0.300. The Morgan fingerprint density at radius 3 is 2.61 bits per heavy atom. The summed E-state index contributed by atoms with van der Waals surface area (Å²) in [6.45, 7) is 4.03. The summed E-state index contributed by atoms with van der Waals surface area (Å²) in [7, 11) is -2.09. The number of likely N-dealkylation sites (N-methyl/N-ethyl adjacent to an activating group) is 1. The molecular weight excluding hydrogens is 376 g/mol. The number of hydrogen-bond donors (Lipinski definition) is 1. The van der Waals surface area contributed by atoms with Crippen molar-refractivity contribution >= 4 is 27.0 Å². The second kappa shape index (κ2) is 7.73. The van der Waals surface area contributed by atoms with Gasteiger partial charge in [0.1, 0.15) is 12.4 Å². The number of fused-ring (bicyclic) bond motifs is 1. The molecule has 28 heavy (non-hydrogen) atoms. The van der Waals surface area contributed by atoms with Gasteiger partial charge in [0.2, 0.25) is 15.9 Å². The summed E-state index contributed by atoms with van der Waals surface area (Å²) in [6.07, 6.45) is 0.720. The van der Waals surface area contributed by atoms with Crippen LogP contribution < -0.4 is 5.14 Å². The van der Waals surface area contributed by atoms with E-state index in [4.69, 9.17) is 5.14 Å². The molecule has 8 heteroatoms. The third-order valence-corrected chi connectivity index (χ3v) is 5.90. The van der Waals surface area contributed by atoms with Gasteiger partial charge in [0.15, 0.2) is 0 Å². The number of amides is 1. The first-order valence-electron chi connectivity index (χ1n) is 9.05. The molecule has 0 fully saturated rings. The molecule has 1 heterocycles. The van der Waals surface area contributed by atoms with Gasteiger partial charge >= 0.3 is 0 Å². The summed E-state index contributed by atoms with van der Waals surface area (Å²) in [5, 5.41) is 5.22. The SMILES string of the molecule is CCc1nc2ccccc2n1CC(=O)N(C)C(C)c1cccc(S(N)(=O)=O)c1. The van der Waals surface area contributed by atoms with Crippen molar-refractivity contribution in [1.82, 2.24) is 14.5 Å². The highest BCUT2D eigenvalue weighted by atomic mass is 32.2. The van der Waals surface area contributed by atoms with Crippen LogP contribution in [0.1, 0.15) is 31.3 Å². The van der Waals surface area contributed by atoms with E-state index in [1.165, 1.54) is 12.1 Å². The van der Waals surface area contributed by atoms with Gasteiger partial charge in [-0.3, -0.25) is 4.79 Å². The number of aryl methyl sites for hydroxylation is 1.